The molecule has 0 fully saturated rings. The molecule has 0 saturated heterocycles. The van der Waals surface area contributed by atoms with Gasteiger partial charge in [-0.05, 0) is 43.7 Å². The van der Waals surface area contributed by atoms with E-state index in [1.807, 2.05) is 12.1 Å². The van der Waals surface area contributed by atoms with E-state index in [0.29, 0.717) is 0 Å². The van der Waals surface area contributed by atoms with E-state index in [9.17, 15) is 0 Å². The lowest BCUT2D eigenvalue weighted by Crippen LogP contribution is -2.23. The predicted molar refractivity (Wildman–Crippen MR) is 97.0 cm³/mol. The third-order valence-electron chi connectivity index (χ3n) is 3.71. The number of hydrogen-bond acceptors (Lipinski definition) is 3. The van der Waals surface area contributed by atoms with E-state index in [1.54, 1.807) is 0 Å². The quantitative estimate of drug-likeness (QED) is 0.483. The topological polar surface area (TPSA) is 33.3 Å². The maximum atomic E-state index is 5.66. The first-order valence-electron chi connectivity index (χ1n) is 9.04. The minimum Gasteiger partial charge on any atom is -0.494 e. The largest absolute Gasteiger partial charge is 0.494 e. The molecule has 0 aromatic heterocycles. The van der Waals surface area contributed by atoms with E-state index in [-0.39, 0.29) is 0 Å². The van der Waals surface area contributed by atoms with E-state index in [1.165, 1.54) is 38.5 Å². The molecule has 0 amide bonds. The maximum Gasteiger partial charge on any atom is 0.119 e. The molecule has 0 bridgehead atoms. The molecule has 1 aromatic rings. The normalized spacial score (nSPS) is 10.6. The van der Waals surface area contributed by atoms with Crippen molar-refractivity contribution in [3.05, 3.63) is 24.3 Å². The van der Waals surface area contributed by atoms with Crippen LogP contribution < -0.4 is 15.4 Å². The van der Waals surface area contributed by atoms with Crippen LogP contribution in [0.25, 0.3) is 0 Å². The summed E-state index contributed by atoms with van der Waals surface area (Å²) in [7, 11) is 0. The summed E-state index contributed by atoms with van der Waals surface area (Å²) in [6.07, 6.45) is 9.01. The zero-order valence-corrected chi connectivity index (χ0v) is 14.5. The number of hydrogen-bond donors (Lipinski definition) is 2. The fourth-order valence-corrected chi connectivity index (χ4v) is 2.28. The van der Waals surface area contributed by atoms with Crippen molar-refractivity contribution in [1.82, 2.24) is 5.32 Å². The van der Waals surface area contributed by atoms with Gasteiger partial charge in [0, 0.05) is 18.8 Å². The molecule has 0 radical (unpaired) electrons. The molecule has 1 rings (SSSR count). The molecule has 0 unspecified atom stereocenters. The number of unbranched alkanes of at least 4 members (excludes halogenated alkanes) is 5. The molecule has 0 atom stereocenters. The van der Waals surface area contributed by atoms with Crippen LogP contribution in [-0.4, -0.2) is 26.2 Å². The van der Waals surface area contributed by atoms with Gasteiger partial charge >= 0.3 is 0 Å². The van der Waals surface area contributed by atoms with Gasteiger partial charge in [-0.25, -0.2) is 0 Å². The van der Waals surface area contributed by atoms with Gasteiger partial charge < -0.3 is 15.4 Å². The van der Waals surface area contributed by atoms with E-state index >= 15 is 0 Å². The Hall–Kier alpha value is -1.22. The molecule has 2 N–H and O–H groups in total. The minimum absolute atomic E-state index is 0.811. The van der Waals surface area contributed by atoms with Crippen molar-refractivity contribution in [2.24, 2.45) is 0 Å². The molecule has 22 heavy (non-hydrogen) atoms. The van der Waals surface area contributed by atoms with Gasteiger partial charge in [0.2, 0.25) is 0 Å². The van der Waals surface area contributed by atoms with Crippen molar-refractivity contribution in [3.63, 3.8) is 0 Å². The fraction of sp³-hybridized carbons (Fsp3) is 0.684. The van der Waals surface area contributed by atoms with Gasteiger partial charge in [-0.1, -0.05) is 46.0 Å². The molecule has 0 aliphatic carbocycles. The van der Waals surface area contributed by atoms with Gasteiger partial charge in [0.1, 0.15) is 5.75 Å². The van der Waals surface area contributed by atoms with Crippen molar-refractivity contribution in [3.8, 4) is 5.75 Å². The van der Waals surface area contributed by atoms with Crippen molar-refractivity contribution in [1.29, 1.82) is 0 Å². The van der Waals surface area contributed by atoms with Crippen molar-refractivity contribution in [2.45, 2.75) is 58.8 Å². The lowest BCUT2D eigenvalue weighted by atomic mass is 10.1. The Balaban J connectivity index is 2.00. The lowest BCUT2D eigenvalue weighted by Gasteiger charge is -2.09. The van der Waals surface area contributed by atoms with E-state index in [0.717, 1.165) is 44.1 Å². The van der Waals surface area contributed by atoms with Gasteiger partial charge in [0.25, 0.3) is 0 Å². The molecule has 0 saturated carbocycles. The molecule has 0 aliphatic rings. The number of anilines is 1. The SMILES string of the molecule is CCCCCCCNCCNc1ccc(OCCCC)cc1. The molecular formula is C19H34N2O. The van der Waals surface area contributed by atoms with Crippen LogP contribution in [0.2, 0.25) is 0 Å². The smallest absolute Gasteiger partial charge is 0.119 e. The summed E-state index contributed by atoms with van der Waals surface area (Å²) in [5.41, 5.74) is 1.16. The Bertz CT molecular complexity index is 351. The van der Waals surface area contributed by atoms with Crippen molar-refractivity contribution >= 4 is 5.69 Å². The van der Waals surface area contributed by atoms with Gasteiger partial charge in [-0.3, -0.25) is 0 Å². The Kier molecular flexibility index (Phi) is 11.5. The summed E-state index contributed by atoms with van der Waals surface area (Å²) in [4.78, 5) is 0. The zero-order chi connectivity index (χ0) is 15.9. The van der Waals surface area contributed by atoms with E-state index < -0.39 is 0 Å². The average Bonchev–Trinajstić information content (AvgIpc) is 2.55. The second-order valence-electron chi connectivity index (χ2n) is 5.82. The molecule has 0 aliphatic heterocycles. The second kappa shape index (κ2) is 13.4. The van der Waals surface area contributed by atoms with E-state index in [4.69, 9.17) is 4.74 Å². The van der Waals surface area contributed by atoms with Crippen LogP contribution in [0, 0.1) is 0 Å². The summed E-state index contributed by atoms with van der Waals surface area (Å²) in [6.45, 7) is 8.36. The molecule has 0 heterocycles. The number of benzene rings is 1. The van der Waals surface area contributed by atoms with Crippen LogP contribution in [0.15, 0.2) is 24.3 Å². The third kappa shape index (κ3) is 9.67. The van der Waals surface area contributed by atoms with Gasteiger partial charge in [-0.2, -0.15) is 0 Å². The minimum atomic E-state index is 0.811. The molecule has 126 valence electrons. The van der Waals surface area contributed by atoms with Crippen LogP contribution in [0.4, 0.5) is 5.69 Å². The Labute approximate surface area is 136 Å². The summed E-state index contributed by atoms with van der Waals surface area (Å²) >= 11 is 0. The maximum absolute atomic E-state index is 5.66. The van der Waals surface area contributed by atoms with Gasteiger partial charge in [0.15, 0.2) is 0 Å². The summed E-state index contributed by atoms with van der Waals surface area (Å²) < 4.78 is 5.66. The first-order chi connectivity index (χ1) is 10.9. The van der Waals surface area contributed by atoms with Gasteiger partial charge in [0.05, 0.1) is 6.61 Å². The summed E-state index contributed by atoms with van der Waals surface area (Å²) in [6, 6.07) is 8.26. The zero-order valence-electron chi connectivity index (χ0n) is 14.5. The van der Waals surface area contributed by atoms with Crippen LogP contribution in [-0.2, 0) is 0 Å². The molecule has 3 heteroatoms. The van der Waals surface area contributed by atoms with Crippen molar-refractivity contribution in [2.75, 3.05) is 31.6 Å². The molecular weight excluding hydrogens is 272 g/mol. The Morgan fingerprint density at radius 3 is 2.23 bits per heavy atom. The molecule has 0 spiro atoms. The highest BCUT2D eigenvalue weighted by Crippen LogP contribution is 2.15. The first-order valence-corrected chi connectivity index (χ1v) is 9.04. The highest BCUT2D eigenvalue weighted by molar-refractivity contribution is 5.46. The van der Waals surface area contributed by atoms with E-state index in [2.05, 4.69) is 36.6 Å². The first kappa shape index (κ1) is 18.8. The Morgan fingerprint density at radius 2 is 1.50 bits per heavy atom. The lowest BCUT2D eigenvalue weighted by molar-refractivity contribution is 0.309. The monoisotopic (exact) mass is 306 g/mol. The second-order valence-corrected chi connectivity index (χ2v) is 5.82. The fourth-order valence-electron chi connectivity index (χ4n) is 2.28. The van der Waals surface area contributed by atoms with Crippen LogP contribution >= 0.6 is 0 Å². The summed E-state index contributed by atoms with van der Waals surface area (Å²) in [5, 5.41) is 6.92. The molecule has 1 aromatic carbocycles. The highest BCUT2D eigenvalue weighted by atomic mass is 16.5. The van der Waals surface area contributed by atoms with Crippen LogP contribution in [0.3, 0.4) is 0 Å². The standard InChI is InChI=1S/C19H34N2O/c1-3-5-7-8-9-14-20-15-16-21-18-10-12-19(13-11-18)22-17-6-4-2/h10-13,20-21H,3-9,14-17H2,1-2H3. The average molecular weight is 306 g/mol. The Morgan fingerprint density at radius 1 is 0.773 bits per heavy atom. The van der Waals surface area contributed by atoms with Gasteiger partial charge in [-0.15, -0.1) is 0 Å². The van der Waals surface area contributed by atoms with Crippen LogP contribution in [0.1, 0.15) is 58.8 Å². The highest BCUT2D eigenvalue weighted by Gasteiger charge is 1.95. The third-order valence-corrected chi connectivity index (χ3v) is 3.71. The number of ether oxygens (including phenoxy) is 1. The van der Waals surface area contributed by atoms with Crippen molar-refractivity contribution < 1.29 is 4.74 Å². The number of nitrogens with one attached hydrogen (secondary N) is 2. The van der Waals surface area contributed by atoms with Crippen LogP contribution in [0.5, 0.6) is 5.75 Å². The summed E-state index contributed by atoms with van der Waals surface area (Å²) in [5.74, 6) is 0.962. The number of rotatable bonds is 14. The molecule has 3 nitrogen and oxygen atoms in total. The predicted octanol–water partition coefficient (Wildman–Crippen LogP) is 4.84.